The molecule has 1 aliphatic heterocycles. The number of nitrogens with zero attached hydrogens (tertiary/aromatic N) is 4. The molecule has 1 aromatic rings. The summed E-state index contributed by atoms with van der Waals surface area (Å²) >= 11 is 2.20. The first-order chi connectivity index (χ1) is 10.7. The number of guanidine groups is 1. The van der Waals surface area contributed by atoms with Crippen LogP contribution in [0.25, 0.3) is 0 Å². The number of hydrogen-bond donors (Lipinski definition) is 1. The van der Waals surface area contributed by atoms with Gasteiger partial charge in [0, 0.05) is 43.9 Å². The number of thioether (sulfide) groups is 1. The fraction of sp³-hybridized carbons (Fsp3) is 0.750. The van der Waals surface area contributed by atoms with Gasteiger partial charge in [-0.15, -0.1) is 0 Å². The number of nitrogens with one attached hydrogen (secondary N) is 1. The molecule has 2 heterocycles. The van der Waals surface area contributed by atoms with E-state index in [1.165, 1.54) is 43.6 Å². The highest BCUT2D eigenvalue weighted by Gasteiger charge is 2.38. The van der Waals surface area contributed by atoms with Crippen molar-refractivity contribution in [1.82, 2.24) is 20.0 Å². The minimum absolute atomic E-state index is 0.473. The van der Waals surface area contributed by atoms with Crippen LogP contribution in [0, 0.1) is 0 Å². The van der Waals surface area contributed by atoms with Gasteiger partial charge in [0.05, 0.1) is 12.2 Å². The van der Waals surface area contributed by atoms with Gasteiger partial charge in [-0.3, -0.25) is 9.67 Å². The summed E-state index contributed by atoms with van der Waals surface area (Å²) in [5.41, 5.74) is 1.18. The molecule has 2 aliphatic rings. The van der Waals surface area contributed by atoms with Gasteiger partial charge in [-0.05, 0) is 18.9 Å². The highest BCUT2D eigenvalue weighted by atomic mass is 32.2. The van der Waals surface area contributed by atoms with Crippen LogP contribution in [-0.2, 0) is 13.6 Å². The van der Waals surface area contributed by atoms with Crippen LogP contribution >= 0.6 is 11.8 Å². The second-order valence-electron chi connectivity index (χ2n) is 6.36. The smallest absolute Gasteiger partial charge is 0.194 e. The van der Waals surface area contributed by atoms with Crippen molar-refractivity contribution in [3.8, 4) is 0 Å². The second kappa shape index (κ2) is 6.94. The average molecular weight is 321 g/mol. The van der Waals surface area contributed by atoms with E-state index in [2.05, 4.69) is 38.1 Å². The van der Waals surface area contributed by atoms with Crippen LogP contribution in [0.5, 0.6) is 0 Å². The SMILES string of the molecule is CN=C(NCc1ccnn1C)N1CCSC2(CCCCC2)C1. The van der Waals surface area contributed by atoms with Gasteiger partial charge >= 0.3 is 0 Å². The molecule has 1 spiro atoms. The number of aromatic nitrogens is 2. The van der Waals surface area contributed by atoms with Crippen LogP contribution in [-0.4, -0.2) is 51.3 Å². The zero-order valence-corrected chi connectivity index (χ0v) is 14.5. The van der Waals surface area contributed by atoms with E-state index in [9.17, 15) is 0 Å². The monoisotopic (exact) mass is 321 g/mol. The summed E-state index contributed by atoms with van der Waals surface area (Å²) in [6.07, 6.45) is 8.77. The summed E-state index contributed by atoms with van der Waals surface area (Å²) < 4.78 is 2.38. The average Bonchev–Trinajstić information content (AvgIpc) is 2.94. The Balaban J connectivity index is 1.62. The summed E-state index contributed by atoms with van der Waals surface area (Å²) in [5.74, 6) is 2.25. The maximum Gasteiger partial charge on any atom is 0.194 e. The van der Waals surface area contributed by atoms with E-state index in [-0.39, 0.29) is 0 Å². The molecule has 6 heteroatoms. The lowest BCUT2D eigenvalue weighted by Crippen LogP contribution is -2.53. The van der Waals surface area contributed by atoms with E-state index in [1.807, 2.05) is 25.0 Å². The van der Waals surface area contributed by atoms with Crippen molar-refractivity contribution in [2.45, 2.75) is 43.4 Å². The predicted octanol–water partition coefficient (Wildman–Crippen LogP) is 2.25. The Bertz CT molecular complexity index is 513. The molecule has 1 aromatic heterocycles. The molecular weight excluding hydrogens is 294 g/mol. The molecule has 1 saturated heterocycles. The van der Waals surface area contributed by atoms with Crippen LogP contribution in [0.3, 0.4) is 0 Å². The quantitative estimate of drug-likeness (QED) is 0.670. The van der Waals surface area contributed by atoms with Crippen molar-refractivity contribution in [3.05, 3.63) is 18.0 Å². The van der Waals surface area contributed by atoms with Crippen molar-refractivity contribution in [3.63, 3.8) is 0 Å². The minimum Gasteiger partial charge on any atom is -0.351 e. The highest BCUT2D eigenvalue weighted by molar-refractivity contribution is 8.00. The van der Waals surface area contributed by atoms with Crippen LogP contribution < -0.4 is 5.32 Å². The van der Waals surface area contributed by atoms with Crippen molar-refractivity contribution >= 4 is 17.7 Å². The fourth-order valence-electron chi connectivity index (χ4n) is 3.60. The lowest BCUT2D eigenvalue weighted by atomic mass is 9.87. The Labute approximate surface area is 137 Å². The zero-order chi connectivity index (χ0) is 15.4. The number of rotatable bonds is 2. The Morgan fingerprint density at radius 1 is 1.41 bits per heavy atom. The van der Waals surface area contributed by atoms with Crippen molar-refractivity contribution in [2.75, 3.05) is 25.9 Å². The summed E-state index contributed by atoms with van der Waals surface area (Å²) in [6, 6.07) is 2.05. The van der Waals surface area contributed by atoms with Gasteiger partial charge in [0.25, 0.3) is 0 Å². The molecule has 22 heavy (non-hydrogen) atoms. The Morgan fingerprint density at radius 2 is 2.23 bits per heavy atom. The molecular formula is C16H27N5S. The molecule has 2 fully saturated rings. The molecule has 0 aromatic carbocycles. The molecule has 0 amide bonds. The van der Waals surface area contributed by atoms with Gasteiger partial charge in [0.15, 0.2) is 5.96 Å². The third kappa shape index (κ3) is 3.42. The maximum atomic E-state index is 4.51. The normalized spacial score (nSPS) is 22.1. The van der Waals surface area contributed by atoms with Crippen molar-refractivity contribution in [2.24, 2.45) is 12.0 Å². The van der Waals surface area contributed by atoms with Gasteiger partial charge in [-0.2, -0.15) is 16.9 Å². The fourth-order valence-corrected chi connectivity index (χ4v) is 5.17. The number of aliphatic imine (C=N–C) groups is 1. The minimum atomic E-state index is 0.473. The Kier molecular flexibility index (Phi) is 4.96. The Hall–Kier alpha value is -1.17. The first-order valence-corrected chi connectivity index (χ1v) is 9.27. The predicted molar refractivity (Wildman–Crippen MR) is 93.3 cm³/mol. The van der Waals surface area contributed by atoms with E-state index in [0.29, 0.717) is 4.75 Å². The van der Waals surface area contributed by atoms with Crippen molar-refractivity contribution in [1.29, 1.82) is 0 Å². The molecule has 0 atom stereocenters. The van der Waals surface area contributed by atoms with Crippen LogP contribution in [0.4, 0.5) is 0 Å². The first kappa shape index (κ1) is 15.7. The van der Waals surface area contributed by atoms with Gasteiger partial charge in [0.2, 0.25) is 0 Å². The van der Waals surface area contributed by atoms with E-state index in [0.717, 1.165) is 25.6 Å². The summed E-state index contributed by atoms with van der Waals surface area (Å²) in [6.45, 7) is 3.01. The van der Waals surface area contributed by atoms with E-state index in [1.54, 1.807) is 0 Å². The molecule has 0 bridgehead atoms. The zero-order valence-electron chi connectivity index (χ0n) is 13.7. The third-order valence-corrected chi connectivity index (χ3v) is 6.41. The van der Waals surface area contributed by atoms with Gasteiger partial charge < -0.3 is 10.2 Å². The molecule has 1 aliphatic carbocycles. The Morgan fingerprint density at radius 3 is 2.91 bits per heavy atom. The molecule has 3 rings (SSSR count). The highest BCUT2D eigenvalue weighted by Crippen LogP contribution is 2.42. The van der Waals surface area contributed by atoms with Crippen LogP contribution in [0.1, 0.15) is 37.8 Å². The first-order valence-electron chi connectivity index (χ1n) is 8.29. The third-order valence-electron chi connectivity index (χ3n) is 4.87. The van der Waals surface area contributed by atoms with Gasteiger partial charge in [-0.1, -0.05) is 19.3 Å². The summed E-state index contributed by atoms with van der Waals surface area (Å²) in [4.78, 5) is 6.97. The molecule has 5 nitrogen and oxygen atoms in total. The molecule has 0 radical (unpaired) electrons. The summed E-state index contributed by atoms with van der Waals surface area (Å²) in [5, 5.41) is 7.73. The lowest BCUT2D eigenvalue weighted by molar-refractivity contribution is 0.293. The van der Waals surface area contributed by atoms with E-state index < -0.39 is 0 Å². The molecule has 0 unspecified atom stereocenters. The number of hydrogen-bond acceptors (Lipinski definition) is 3. The lowest BCUT2D eigenvalue weighted by Gasteiger charge is -2.45. The molecule has 122 valence electrons. The second-order valence-corrected chi connectivity index (χ2v) is 7.92. The summed E-state index contributed by atoms with van der Waals surface area (Å²) in [7, 11) is 3.87. The van der Waals surface area contributed by atoms with Crippen molar-refractivity contribution < 1.29 is 0 Å². The van der Waals surface area contributed by atoms with Crippen LogP contribution in [0.15, 0.2) is 17.3 Å². The maximum absolute atomic E-state index is 4.51. The van der Waals surface area contributed by atoms with E-state index in [4.69, 9.17) is 0 Å². The molecule has 1 saturated carbocycles. The molecule has 1 N–H and O–H groups in total. The topological polar surface area (TPSA) is 45.5 Å². The van der Waals surface area contributed by atoms with E-state index >= 15 is 0 Å². The van der Waals surface area contributed by atoms with Crippen LogP contribution in [0.2, 0.25) is 0 Å². The number of aryl methyl sites for hydroxylation is 1. The largest absolute Gasteiger partial charge is 0.351 e. The van der Waals surface area contributed by atoms with Gasteiger partial charge in [-0.25, -0.2) is 0 Å². The standard InChI is InChI=1S/C16H27N5S/c1-17-15(18-12-14-6-9-19-20(14)2)21-10-11-22-16(13-21)7-4-3-5-8-16/h6,9H,3-5,7-8,10-13H2,1-2H3,(H,17,18). The van der Waals surface area contributed by atoms with Gasteiger partial charge in [0.1, 0.15) is 0 Å².